The van der Waals surface area contributed by atoms with Gasteiger partial charge in [-0.15, -0.1) is 0 Å². The molecule has 0 spiro atoms. The number of hydrogen-bond donors (Lipinski definition) is 0. The average molecular weight is 293 g/mol. The summed E-state index contributed by atoms with van der Waals surface area (Å²) in [5.74, 6) is 0.301. The highest BCUT2D eigenvalue weighted by Gasteiger charge is 2.10. The maximum absolute atomic E-state index is 12.0. The van der Waals surface area contributed by atoms with Crippen molar-refractivity contribution in [1.29, 1.82) is 0 Å². The van der Waals surface area contributed by atoms with Gasteiger partial charge in [-0.25, -0.2) is 9.97 Å². The molecule has 0 saturated carbocycles. The third kappa shape index (κ3) is 2.20. The topological polar surface area (TPSA) is 56.0 Å². The first-order chi connectivity index (χ1) is 9.15. The summed E-state index contributed by atoms with van der Waals surface area (Å²) < 4.78 is 5.62. The third-order valence-corrected chi connectivity index (χ3v) is 3.07. The molecule has 1 aromatic carbocycles. The lowest BCUT2D eigenvalue weighted by Crippen LogP contribution is -2.01. The summed E-state index contributed by atoms with van der Waals surface area (Å²) in [4.78, 5) is 20.0. The Morgan fingerprint density at radius 2 is 1.95 bits per heavy atom. The number of rotatable bonds is 1. The zero-order valence-corrected chi connectivity index (χ0v) is 10.9. The van der Waals surface area contributed by atoms with Crippen molar-refractivity contribution in [3.63, 3.8) is 0 Å². The summed E-state index contributed by atoms with van der Waals surface area (Å²) >= 11 is 11.7. The molecular formula is C13H6Cl2N2O2. The lowest BCUT2D eigenvalue weighted by atomic mass is 10.2. The van der Waals surface area contributed by atoms with Crippen molar-refractivity contribution in [2.24, 2.45) is 0 Å². The Kier molecular flexibility index (Phi) is 2.97. The van der Waals surface area contributed by atoms with E-state index in [1.165, 1.54) is 18.5 Å². The van der Waals surface area contributed by atoms with Crippen LogP contribution in [0.1, 0.15) is 0 Å². The first-order valence-electron chi connectivity index (χ1n) is 5.35. The van der Waals surface area contributed by atoms with Gasteiger partial charge in [0.2, 0.25) is 0 Å². The molecule has 2 aromatic heterocycles. The van der Waals surface area contributed by atoms with Crippen LogP contribution < -0.4 is 5.43 Å². The van der Waals surface area contributed by atoms with Gasteiger partial charge in [0.05, 0.1) is 22.8 Å². The van der Waals surface area contributed by atoms with Crippen molar-refractivity contribution in [3.8, 4) is 11.5 Å². The van der Waals surface area contributed by atoms with Crippen LogP contribution in [-0.4, -0.2) is 9.97 Å². The first kappa shape index (κ1) is 12.1. The average Bonchev–Trinajstić information content (AvgIpc) is 2.41. The van der Waals surface area contributed by atoms with Crippen molar-refractivity contribution in [2.75, 3.05) is 0 Å². The van der Waals surface area contributed by atoms with E-state index < -0.39 is 0 Å². The van der Waals surface area contributed by atoms with Crippen LogP contribution in [0.2, 0.25) is 10.2 Å². The number of aromatic nitrogens is 2. The summed E-state index contributed by atoms with van der Waals surface area (Å²) in [6.45, 7) is 0. The van der Waals surface area contributed by atoms with E-state index in [1.54, 1.807) is 18.2 Å². The van der Waals surface area contributed by atoms with Gasteiger partial charge in [-0.2, -0.15) is 0 Å². The molecular weight excluding hydrogens is 287 g/mol. The second kappa shape index (κ2) is 4.64. The Balaban J connectivity index is 2.29. The molecule has 0 radical (unpaired) electrons. The Labute approximate surface area is 117 Å². The highest BCUT2D eigenvalue weighted by molar-refractivity contribution is 6.34. The zero-order chi connectivity index (χ0) is 13.4. The van der Waals surface area contributed by atoms with Gasteiger partial charge in [0.1, 0.15) is 10.8 Å². The molecule has 0 N–H and O–H groups in total. The number of nitrogens with zero attached hydrogens (tertiary/aromatic N) is 2. The van der Waals surface area contributed by atoms with Crippen LogP contribution in [-0.2, 0) is 0 Å². The van der Waals surface area contributed by atoms with E-state index in [-0.39, 0.29) is 10.6 Å². The minimum absolute atomic E-state index is 0.185. The van der Waals surface area contributed by atoms with Crippen LogP contribution in [0.25, 0.3) is 22.4 Å². The molecule has 0 aliphatic rings. The maximum atomic E-state index is 12.0. The smallest absolute Gasteiger partial charge is 0.193 e. The van der Waals surface area contributed by atoms with Gasteiger partial charge in [0, 0.05) is 6.07 Å². The number of halogens is 2. The molecule has 0 aliphatic heterocycles. The van der Waals surface area contributed by atoms with Crippen LogP contribution in [0.15, 0.2) is 45.9 Å². The fraction of sp³-hybridized carbons (Fsp3) is 0. The molecule has 3 rings (SSSR count). The molecule has 2 heterocycles. The van der Waals surface area contributed by atoms with Crippen LogP contribution in [0.4, 0.5) is 0 Å². The van der Waals surface area contributed by atoms with Gasteiger partial charge in [-0.3, -0.25) is 4.79 Å². The lowest BCUT2D eigenvalue weighted by molar-refractivity contribution is 0.615. The van der Waals surface area contributed by atoms with E-state index in [4.69, 9.17) is 27.6 Å². The predicted octanol–water partition coefficient (Wildman–Crippen LogP) is 3.56. The van der Waals surface area contributed by atoms with Crippen LogP contribution >= 0.6 is 23.2 Å². The molecule has 0 saturated heterocycles. The van der Waals surface area contributed by atoms with Gasteiger partial charge in [-0.1, -0.05) is 29.3 Å². The first-order valence-corrected chi connectivity index (χ1v) is 6.11. The minimum Gasteiger partial charge on any atom is -0.453 e. The normalized spacial score (nSPS) is 10.8. The van der Waals surface area contributed by atoms with Gasteiger partial charge in [0.15, 0.2) is 16.8 Å². The summed E-state index contributed by atoms with van der Waals surface area (Å²) in [6, 6.07) is 6.37. The van der Waals surface area contributed by atoms with Crippen molar-refractivity contribution < 1.29 is 4.42 Å². The monoisotopic (exact) mass is 292 g/mol. The molecule has 0 unspecified atom stereocenters. The predicted molar refractivity (Wildman–Crippen MR) is 73.5 cm³/mol. The van der Waals surface area contributed by atoms with Gasteiger partial charge >= 0.3 is 0 Å². The molecule has 94 valence electrons. The van der Waals surface area contributed by atoms with E-state index in [0.717, 1.165) is 0 Å². The number of para-hydroxylation sites is 1. The molecule has 4 nitrogen and oxygen atoms in total. The summed E-state index contributed by atoms with van der Waals surface area (Å²) in [7, 11) is 0. The molecule has 3 aromatic rings. The third-order valence-electron chi connectivity index (χ3n) is 2.58. The fourth-order valence-electron chi connectivity index (χ4n) is 1.71. The van der Waals surface area contributed by atoms with Gasteiger partial charge in [-0.05, 0) is 12.1 Å². The quantitative estimate of drug-likeness (QED) is 0.688. The highest BCUT2D eigenvalue weighted by Crippen LogP contribution is 2.25. The molecule has 6 heteroatoms. The number of hydrogen-bond acceptors (Lipinski definition) is 4. The summed E-state index contributed by atoms with van der Waals surface area (Å²) in [5, 5.41) is 1.07. The zero-order valence-electron chi connectivity index (χ0n) is 9.43. The molecule has 0 fully saturated rings. The van der Waals surface area contributed by atoms with Crippen molar-refractivity contribution in [2.45, 2.75) is 0 Å². The molecule has 19 heavy (non-hydrogen) atoms. The van der Waals surface area contributed by atoms with Crippen LogP contribution in [0, 0.1) is 0 Å². The molecule has 0 aliphatic carbocycles. The molecule has 0 bridgehead atoms. The second-order valence-electron chi connectivity index (χ2n) is 3.82. The van der Waals surface area contributed by atoms with Crippen molar-refractivity contribution in [3.05, 3.63) is 57.1 Å². The maximum Gasteiger partial charge on any atom is 0.193 e. The van der Waals surface area contributed by atoms with Gasteiger partial charge < -0.3 is 4.42 Å². The summed E-state index contributed by atoms with van der Waals surface area (Å²) in [6.07, 6.45) is 2.82. The van der Waals surface area contributed by atoms with E-state index >= 15 is 0 Å². The van der Waals surface area contributed by atoms with Crippen LogP contribution in [0.5, 0.6) is 0 Å². The molecule has 0 amide bonds. The Morgan fingerprint density at radius 1 is 1.11 bits per heavy atom. The Morgan fingerprint density at radius 3 is 2.68 bits per heavy atom. The largest absolute Gasteiger partial charge is 0.453 e. The SMILES string of the molecule is O=c1cc(-c2cnc(Cl)cn2)oc2c(Cl)cccc12. The molecule has 0 atom stereocenters. The lowest BCUT2D eigenvalue weighted by Gasteiger charge is -2.03. The number of fused-ring (bicyclic) bond motifs is 1. The Hall–Kier alpha value is -1.91. The second-order valence-corrected chi connectivity index (χ2v) is 4.61. The van der Waals surface area contributed by atoms with E-state index in [1.807, 2.05) is 0 Å². The fourth-order valence-corrected chi connectivity index (χ4v) is 2.02. The van der Waals surface area contributed by atoms with E-state index in [9.17, 15) is 4.79 Å². The number of benzene rings is 1. The van der Waals surface area contributed by atoms with E-state index in [2.05, 4.69) is 9.97 Å². The summed E-state index contributed by atoms with van der Waals surface area (Å²) in [5.41, 5.74) is 0.572. The minimum atomic E-state index is -0.185. The van der Waals surface area contributed by atoms with Gasteiger partial charge in [0.25, 0.3) is 0 Å². The van der Waals surface area contributed by atoms with Crippen molar-refractivity contribution >= 4 is 34.2 Å². The van der Waals surface area contributed by atoms with E-state index in [0.29, 0.717) is 27.4 Å². The Bertz CT molecular complexity index is 813. The van der Waals surface area contributed by atoms with Crippen LogP contribution in [0.3, 0.4) is 0 Å². The van der Waals surface area contributed by atoms with Crippen molar-refractivity contribution in [1.82, 2.24) is 9.97 Å². The standard InChI is InChI=1S/C13H6Cl2N2O2/c14-8-3-1-2-7-10(18)4-11(19-13(7)8)9-5-17-12(15)6-16-9/h1-6H. The highest BCUT2D eigenvalue weighted by atomic mass is 35.5.